The lowest BCUT2D eigenvalue weighted by Crippen LogP contribution is -2.49. The molecule has 0 fully saturated rings. The van der Waals surface area contributed by atoms with Crippen molar-refractivity contribution >= 4 is 62.6 Å². The summed E-state index contributed by atoms with van der Waals surface area (Å²) in [4.78, 5) is 79.0. The number of carbonyl (C=O) groups is 6. The number of benzene rings is 3. The molecule has 0 saturated heterocycles. The molecule has 8 N–H and O–H groups in total. The highest BCUT2D eigenvalue weighted by molar-refractivity contribution is 7.89. The molecule has 1 aromatic heterocycles. The Morgan fingerprint density at radius 2 is 1.65 bits per heavy atom. The van der Waals surface area contributed by atoms with E-state index in [2.05, 4.69) is 46.7 Å². The molecule has 372 valence electrons. The van der Waals surface area contributed by atoms with Crippen molar-refractivity contribution in [2.45, 2.75) is 82.5 Å². The number of aliphatic carboxylic acids is 1. The summed E-state index contributed by atoms with van der Waals surface area (Å²) in [5.74, 6) is -2.42. The number of nitrogens with zero attached hydrogens (tertiary/aromatic N) is 3. The number of alkyl carbamates (subject to hydrolysis) is 1. The summed E-state index contributed by atoms with van der Waals surface area (Å²) in [7, 11) is -3.23. The summed E-state index contributed by atoms with van der Waals surface area (Å²) in [6, 6.07) is 14.3. The number of carboxylic acid groups (broad SMARTS) is 1. The molecular formula is C46H60N10O12S. The number of sulfonamides is 1. The number of amides is 4. The number of hydrogen-bond donors (Lipinski definition) is 8. The lowest BCUT2D eigenvalue weighted by atomic mass is 10.1. The number of aliphatic imine (C=N–C) groups is 1. The van der Waals surface area contributed by atoms with E-state index in [1.165, 1.54) is 12.1 Å². The number of fused-ring (bicyclic) bond motifs is 1. The van der Waals surface area contributed by atoms with E-state index in [9.17, 15) is 37.2 Å². The molecule has 3 aromatic carbocycles. The van der Waals surface area contributed by atoms with Gasteiger partial charge in [-0.3, -0.25) is 33.6 Å². The van der Waals surface area contributed by atoms with E-state index in [1.807, 2.05) is 10.7 Å². The highest BCUT2D eigenvalue weighted by atomic mass is 32.2. The molecule has 2 heterocycles. The van der Waals surface area contributed by atoms with Gasteiger partial charge in [-0.1, -0.05) is 30.3 Å². The van der Waals surface area contributed by atoms with E-state index < -0.39 is 58.5 Å². The molecule has 22 nitrogen and oxygen atoms in total. The molecule has 23 heteroatoms. The zero-order chi connectivity index (χ0) is 49.8. The summed E-state index contributed by atoms with van der Waals surface area (Å²) in [6.07, 6.45) is 2.39. The minimum absolute atomic E-state index is 0.00274. The van der Waals surface area contributed by atoms with Crippen molar-refractivity contribution in [2.75, 3.05) is 53.0 Å². The third kappa shape index (κ3) is 16.8. The van der Waals surface area contributed by atoms with Gasteiger partial charge in [0.1, 0.15) is 24.4 Å². The van der Waals surface area contributed by atoms with Crippen LogP contribution >= 0.6 is 0 Å². The standard InChI is InChI=1S/C46H60N10O12S/c1-30-24-35(67-23-7-12-39(57)47-20-21-48-43(61)36(14-16-40(58)59)54-46(63)68-29-32-10-5-4-6-11-32)25-31(2)41(30)69(64,65)55-37(44(62)66-3)28-52-42(60)33-13-15-38-34(26-33)27-53-56(38)22-9-19-51-45-49-17-8-18-50-45/h4-6,10-11,13,15,24-27,36-37,55H,7-9,12,14,16-23,28-29H2,1-3H3,(H,47,57)(H,48,61)(H,52,60)(H,54,63)(H,58,59)(H2,49,50,51)/t36-,37-/m0/s1. The lowest BCUT2D eigenvalue weighted by molar-refractivity contribution is -0.142. The molecule has 0 spiro atoms. The van der Waals surface area contributed by atoms with Gasteiger partial charge >= 0.3 is 18.0 Å². The Hall–Kier alpha value is -7.27. The van der Waals surface area contributed by atoms with Gasteiger partial charge < -0.3 is 51.2 Å². The number of esters is 1. The quantitative estimate of drug-likeness (QED) is 0.0329. The molecule has 0 bridgehead atoms. The lowest BCUT2D eigenvalue weighted by Gasteiger charge is -2.20. The number of carboxylic acids is 1. The average Bonchev–Trinajstić information content (AvgIpc) is 3.74. The van der Waals surface area contributed by atoms with Gasteiger partial charge in [-0.05, 0) is 86.6 Å². The Bertz CT molecular complexity index is 2550. The Morgan fingerprint density at radius 1 is 0.899 bits per heavy atom. The molecule has 0 radical (unpaired) electrons. The van der Waals surface area contributed by atoms with Crippen molar-refractivity contribution in [1.29, 1.82) is 0 Å². The van der Waals surface area contributed by atoms with Crippen LogP contribution in [0, 0.1) is 13.8 Å². The molecule has 0 aliphatic carbocycles. The first kappa shape index (κ1) is 52.7. The number of nitrogens with one attached hydrogen (secondary N) is 7. The first-order valence-corrected chi connectivity index (χ1v) is 24.0. The van der Waals surface area contributed by atoms with Crippen LogP contribution in [0.3, 0.4) is 0 Å². The molecule has 0 unspecified atom stereocenters. The van der Waals surface area contributed by atoms with E-state index in [4.69, 9.17) is 19.3 Å². The van der Waals surface area contributed by atoms with Gasteiger partial charge in [-0.25, -0.2) is 13.2 Å². The van der Waals surface area contributed by atoms with Gasteiger partial charge in [0.25, 0.3) is 5.91 Å². The van der Waals surface area contributed by atoms with Crippen molar-refractivity contribution in [1.82, 2.24) is 46.4 Å². The Kier molecular flexibility index (Phi) is 20.1. The van der Waals surface area contributed by atoms with Crippen LogP contribution in [0.4, 0.5) is 4.79 Å². The van der Waals surface area contributed by atoms with Gasteiger partial charge in [0.2, 0.25) is 21.8 Å². The zero-order valence-corrected chi connectivity index (χ0v) is 39.6. The van der Waals surface area contributed by atoms with Crippen LogP contribution in [-0.4, -0.2) is 130 Å². The summed E-state index contributed by atoms with van der Waals surface area (Å²) >= 11 is 0. The zero-order valence-electron chi connectivity index (χ0n) is 38.8. The third-order valence-electron chi connectivity index (χ3n) is 10.6. The number of hydrogen-bond acceptors (Lipinski definition) is 15. The van der Waals surface area contributed by atoms with E-state index in [-0.39, 0.29) is 61.9 Å². The molecule has 1 aliphatic heterocycles. The predicted octanol–water partition coefficient (Wildman–Crippen LogP) is 1.78. The Morgan fingerprint density at radius 3 is 2.36 bits per heavy atom. The fraction of sp³-hybridized carbons (Fsp3) is 0.435. The van der Waals surface area contributed by atoms with Gasteiger partial charge in [0, 0.05) is 69.6 Å². The van der Waals surface area contributed by atoms with E-state index in [0.717, 1.165) is 55.5 Å². The minimum atomic E-state index is -4.34. The Labute approximate surface area is 399 Å². The van der Waals surface area contributed by atoms with Gasteiger partial charge in [-0.2, -0.15) is 9.82 Å². The Balaban J connectivity index is 1.04. The van der Waals surface area contributed by atoms with E-state index in [1.54, 1.807) is 62.5 Å². The van der Waals surface area contributed by atoms with Crippen molar-refractivity contribution < 1.29 is 56.5 Å². The summed E-state index contributed by atoms with van der Waals surface area (Å²) in [5, 5.41) is 31.1. The maximum Gasteiger partial charge on any atom is 0.408 e. The number of methoxy groups -OCH3 is 1. The monoisotopic (exact) mass is 976 g/mol. The van der Waals surface area contributed by atoms with Gasteiger partial charge in [0.05, 0.1) is 30.3 Å². The highest BCUT2D eigenvalue weighted by Gasteiger charge is 2.30. The minimum Gasteiger partial charge on any atom is -0.494 e. The first-order chi connectivity index (χ1) is 33.1. The maximum atomic E-state index is 13.7. The fourth-order valence-corrected chi connectivity index (χ4v) is 8.87. The van der Waals surface area contributed by atoms with Crippen LogP contribution in [0.25, 0.3) is 10.9 Å². The van der Waals surface area contributed by atoms with Gasteiger partial charge in [-0.15, -0.1) is 0 Å². The highest BCUT2D eigenvalue weighted by Crippen LogP contribution is 2.26. The molecule has 69 heavy (non-hydrogen) atoms. The SMILES string of the molecule is COC(=O)[C@H](CNC(=O)c1ccc2c(cnn2CCCNC2=NCCCN2)c1)NS(=O)(=O)c1c(C)cc(OCCCC(=O)NCCNC(=O)[C@H](CCC(=O)O)NC(=O)OCc2ccccc2)cc1C. The molecule has 2 atom stereocenters. The molecule has 5 rings (SSSR count). The van der Waals surface area contributed by atoms with Crippen LogP contribution in [0.15, 0.2) is 76.7 Å². The van der Waals surface area contributed by atoms with Crippen LogP contribution in [0.5, 0.6) is 5.75 Å². The van der Waals surface area contributed by atoms with Crippen LogP contribution < -0.4 is 41.4 Å². The first-order valence-electron chi connectivity index (χ1n) is 22.5. The number of ether oxygens (including phenoxy) is 3. The third-order valence-corrected chi connectivity index (χ3v) is 12.4. The topological polar surface area (TPSA) is 299 Å². The van der Waals surface area contributed by atoms with Gasteiger partial charge in [0.15, 0.2) is 5.96 Å². The van der Waals surface area contributed by atoms with Crippen molar-refractivity contribution in [3.8, 4) is 5.75 Å². The molecule has 4 amide bonds. The molecule has 1 aliphatic rings. The predicted molar refractivity (Wildman–Crippen MR) is 253 cm³/mol. The van der Waals surface area contributed by atoms with Crippen LogP contribution in [0.2, 0.25) is 0 Å². The number of aromatic nitrogens is 2. The fourth-order valence-electron chi connectivity index (χ4n) is 7.23. The van der Waals surface area contributed by atoms with Crippen molar-refractivity contribution in [3.05, 3.63) is 89.1 Å². The summed E-state index contributed by atoms with van der Waals surface area (Å²) in [6.45, 7) is 5.89. The van der Waals surface area contributed by atoms with Crippen LogP contribution in [0.1, 0.15) is 65.6 Å². The number of carbonyl (C=O) groups excluding carboxylic acids is 5. The number of aryl methyl sites for hydroxylation is 3. The van der Waals surface area contributed by atoms with Crippen LogP contribution in [-0.2, 0) is 51.8 Å². The second-order valence-corrected chi connectivity index (χ2v) is 17.7. The van der Waals surface area contributed by atoms with Crippen molar-refractivity contribution in [2.24, 2.45) is 4.99 Å². The maximum absolute atomic E-state index is 13.7. The van der Waals surface area contributed by atoms with E-state index >= 15 is 0 Å². The largest absolute Gasteiger partial charge is 0.494 e. The second kappa shape index (κ2) is 26.3. The number of guanidine groups is 1. The second-order valence-electron chi connectivity index (χ2n) is 16.0. The molecular weight excluding hydrogens is 917 g/mol. The molecule has 0 saturated carbocycles. The summed E-state index contributed by atoms with van der Waals surface area (Å²) in [5.41, 5.74) is 2.48. The normalized spacial score (nSPS) is 13.2. The average molecular weight is 977 g/mol. The van der Waals surface area contributed by atoms with E-state index in [0.29, 0.717) is 36.4 Å². The number of rotatable bonds is 26. The smallest absolute Gasteiger partial charge is 0.408 e. The van der Waals surface area contributed by atoms with Crippen molar-refractivity contribution in [3.63, 3.8) is 0 Å². The summed E-state index contributed by atoms with van der Waals surface area (Å²) < 4.78 is 47.5. The molecule has 4 aromatic rings.